The van der Waals surface area contributed by atoms with E-state index in [0.717, 1.165) is 13.0 Å². The van der Waals surface area contributed by atoms with Crippen LogP contribution in [0, 0.1) is 11.3 Å². The summed E-state index contributed by atoms with van der Waals surface area (Å²) < 4.78 is 0. The third-order valence-electron chi connectivity index (χ3n) is 5.92. The molecule has 4 amide bonds. The van der Waals surface area contributed by atoms with Crippen molar-refractivity contribution >= 4 is 24.1 Å². The molecule has 1 heterocycles. The molecule has 188 valence electrons. The molecular formula is C24H43N5O4. The average molecular weight is 466 g/mol. The highest BCUT2D eigenvalue weighted by molar-refractivity contribution is 5.97. The second-order valence-corrected chi connectivity index (χ2v) is 10.4. The topological polar surface area (TPSA) is 102 Å². The number of carbonyl (C=O) groups is 4. The lowest BCUT2D eigenvalue weighted by atomic mass is 9.93. The quantitative estimate of drug-likeness (QED) is 0.329. The highest BCUT2D eigenvalue weighted by Gasteiger charge is 2.35. The third kappa shape index (κ3) is 8.79. The van der Waals surface area contributed by atoms with E-state index in [-0.39, 0.29) is 41.6 Å². The number of amides is 4. The van der Waals surface area contributed by atoms with Gasteiger partial charge in [-0.1, -0.05) is 33.8 Å². The molecule has 0 aliphatic carbocycles. The Balaban J connectivity index is 2.90. The average Bonchev–Trinajstić information content (AvgIpc) is 3.21. The van der Waals surface area contributed by atoms with E-state index < -0.39 is 6.04 Å². The van der Waals surface area contributed by atoms with Crippen LogP contribution in [0.1, 0.15) is 47.5 Å². The first-order valence-corrected chi connectivity index (χ1v) is 11.6. The van der Waals surface area contributed by atoms with Gasteiger partial charge in [-0.2, -0.15) is 0 Å². The Kier molecular flexibility index (Phi) is 11.0. The van der Waals surface area contributed by atoms with Crippen molar-refractivity contribution in [3.05, 3.63) is 11.6 Å². The second kappa shape index (κ2) is 12.7. The number of rotatable bonds is 12. The van der Waals surface area contributed by atoms with Crippen LogP contribution in [0.25, 0.3) is 0 Å². The number of nitrogens with zero attached hydrogens (tertiary/aromatic N) is 3. The summed E-state index contributed by atoms with van der Waals surface area (Å²) in [6.45, 7) is 11.7. The molecule has 2 atom stereocenters. The summed E-state index contributed by atoms with van der Waals surface area (Å²) >= 11 is 0. The molecule has 0 aromatic heterocycles. The Morgan fingerprint density at radius 1 is 1.18 bits per heavy atom. The third-order valence-corrected chi connectivity index (χ3v) is 5.92. The van der Waals surface area contributed by atoms with Crippen molar-refractivity contribution in [2.45, 2.75) is 59.5 Å². The first-order chi connectivity index (χ1) is 15.3. The Hall–Kier alpha value is -2.42. The fraction of sp³-hybridized carbons (Fsp3) is 0.750. The molecule has 9 heteroatoms. The van der Waals surface area contributed by atoms with E-state index in [0.29, 0.717) is 31.5 Å². The predicted molar refractivity (Wildman–Crippen MR) is 129 cm³/mol. The van der Waals surface area contributed by atoms with E-state index in [1.165, 1.54) is 0 Å². The van der Waals surface area contributed by atoms with Gasteiger partial charge in [0.05, 0.1) is 12.6 Å². The van der Waals surface area contributed by atoms with Gasteiger partial charge in [0, 0.05) is 32.3 Å². The second-order valence-electron chi connectivity index (χ2n) is 10.4. The van der Waals surface area contributed by atoms with E-state index in [4.69, 9.17) is 0 Å². The summed E-state index contributed by atoms with van der Waals surface area (Å²) in [6, 6.07) is -0.790. The van der Waals surface area contributed by atoms with Crippen LogP contribution in [0.5, 0.6) is 0 Å². The van der Waals surface area contributed by atoms with Crippen LogP contribution in [0.2, 0.25) is 0 Å². The molecule has 0 bridgehead atoms. The minimum Gasteiger partial charge on any atom is -0.354 e. The maximum Gasteiger partial charge on any atom is 0.249 e. The Morgan fingerprint density at radius 3 is 2.36 bits per heavy atom. The van der Waals surface area contributed by atoms with Gasteiger partial charge in [0.15, 0.2) is 0 Å². The maximum absolute atomic E-state index is 13.2. The molecule has 1 fully saturated rings. The Morgan fingerprint density at radius 2 is 1.82 bits per heavy atom. The zero-order chi connectivity index (χ0) is 25.3. The van der Waals surface area contributed by atoms with Crippen LogP contribution >= 0.6 is 0 Å². The van der Waals surface area contributed by atoms with Gasteiger partial charge in [-0.3, -0.25) is 19.2 Å². The molecule has 1 saturated heterocycles. The van der Waals surface area contributed by atoms with Crippen molar-refractivity contribution in [3.63, 3.8) is 0 Å². The smallest absolute Gasteiger partial charge is 0.249 e. The summed E-state index contributed by atoms with van der Waals surface area (Å²) in [5, 5.41) is 5.42. The molecule has 1 rings (SSSR count). The molecule has 1 unspecified atom stereocenters. The highest BCUT2D eigenvalue weighted by atomic mass is 16.2. The zero-order valence-corrected chi connectivity index (χ0v) is 21.6. The summed E-state index contributed by atoms with van der Waals surface area (Å²) in [5.41, 5.74) is 0.423. The molecule has 0 spiro atoms. The van der Waals surface area contributed by atoms with Crippen molar-refractivity contribution in [2.24, 2.45) is 11.3 Å². The molecule has 0 radical (unpaired) electrons. The number of nitrogens with one attached hydrogen (secondary N) is 2. The highest BCUT2D eigenvalue weighted by Crippen LogP contribution is 2.22. The molecule has 0 saturated carbocycles. The molecule has 0 aromatic rings. The SMILES string of the molecule is CC(=CC(C(C)C)N(C)C(=O)CNC=O)C(=O)N1CCC[C@H]1C(=O)NCC(C)(C)CN(C)C. The van der Waals surface area contributed by atoms with Crippen LogP contribution in [0.4, 0.5) is 0 Å². The van der Waals surface area contributed by atoms with Crippen LogP contribution in [-0.2, 0) is 19.2 Å². The fourth-order valence-electron chi connectivity index (χ4n) is 4.36. The molecule has 1 aliphatic rings. The van der Waals surface area contributed by atoms with E-state index in [1.54, 1.807) is 29.8 Å². The maximum atomic E-state index is 13.2. The lowest BCUT2D eigenvalue weighted by Crippen LogP contribution is -2.49. The van der Waals surface area contributed by atoms with Gasteiger partial charge in [0.2, 0.25) is 24.1 Å². The van der Waals surface area contributed by atoms with E-state index in [1.807, 2.05) is 27.9 Å². The van der Waals surface area contributed by atoms with Gasteiger partial charge in [0.25, 0.3) is 0 Å². The number of carbonyl (C=O) groups excluding carboxylic acids is 4. The van der Waals surface area contributed by atoms with Crippen LogP contribution in [0.3, 0.4) is 0 Å². The van der Waals surface area contributed by atoms with Crippen molar-refractivity contribution in [2.75, 3.05) is 47.3 Å². The number of hydrogen-bond acceptors (Lipinski definition) is 5. The van der Waals surface area contributed by atoms with Crippen LogP contribution in [0.15, 0.2) is 11.6 Å². The normalized spacial score (nSPS) is 17.8. The fourth-order valence-corrected chi connectivity index (χ4v) is 4.36. The number of likely N-dealkylation sites (N-methyl/N-ethyl adjacent to an activating group) is 1. The van der Waals surface area contributed by atoms with Gasteiger partial charge in [-0.05, 0) is 45.2 Å². The minimum atomic E-state index is -0.482. The first-order valence-electron chi connectivity index (χ1n) is 11.6. The van der Waals surface area contributed by atoms with Crippen molar-refractivity contribution in [1.82, 2.24) is 25.3 Å². The summed E-state index contributed by atoms with van der Waals surface area (Å²) in [6.07, 6.45) is 3.70. The Bertz CT molecular complexity index is 732. The summed E-state index contributed by atoms with van der Waals surface area (Å²) in [4.78, 5) is 54.3. The summed E-state index contributed by atoms with van der Waals surface area (Å²) in [5.74, 6) is -0.476. The lowest BCUT2D eigenvalue weighted by molar-refractivity contribution is -0.136. The van der Waals surface area contributed by atoms with Crippen LogP contribution < -0.4 is 10.6 Å². The predicted octanol–water partition coefficient (Wildman–Crippen LogP) is 0.857. The van der Waals surface area contributed by atoms with Gasteiger partial charge in [-0.25, -0.2) is 0 Å². The van der Waals surface area contributed by atoms with Gasteiger partial charge >= 0.3 is 0 Å². The summed E-state index contributed by atoms with van der Waals surface area (Å²) in [7, 11) is 5.67. The van der Waals surface area contributed by atoms with Crippen molar-refractivity contribution in [3.8, 4) is 0 Å². The van der Waals surface area contributed by atoms with E-state index in [9.17, 15) is 19.2 Å². The zero-order valence-electron chi connectivity index (χ0n) is 21.6. The van der Waals surface area contributed by atoms with Gasteiger partial charge in [0.1, 0.15) is 6.04 Å². The van der Waals surface area contributed by atoms with Gasteiger partial charge in [-0.15, -0.1) is 0 Å². The minimum absolute atomic E-state index is 0.0644. The molecular weight excluding hydrogens is 422 g/mol. The van der Waals surface area contributed by atoms with Crippen molar-refractivity contribution in [1.29, 1.82) is 0 Å². The molecule has 2 N–H and O–H groups in total. The van der Waals surface area contributed by atoms with Crippen molar-refractivity contribution < 1.29 is 19.2 Å². The largest absolute Gasteiger partial charge is 0.354 e. The van der Waals surface area contributed by atoms with Gasteiger partial charge < -0.3 is 25.3 Å². The molecule has 0 aromatic carbocycles. The monoisotopic (exact) mass is 465 g/mol. The standard InChI is InChI=1S/C24H43N5O4/c1-17(2)20(28(8)21(31)13-25-16-30)12-18(3)23(33)29-11-9-10-19(29)22(32)26-14-24(4,5)15-27(6)7/h12,16-17,19-20H,9-11,13-15H2,1-8H3,(H,25,30)(H,26,32)/t19-,20?/m0/s1. The first kappa shape index (κ1) is 28.6. The number of hydrogen-bond donors (Lipinski definition) is 2. The molecule has 1 aliphatic heterocycles. The lowest BCUT2D eigenvalue weighted by Gasteiger charge is -2.31. The number of likely N-dealkylation sites (tertiary alicyclic amines) is 1. The molecule has 33 heavy (non-hydrogen) atoms. The van der Waals surface area contributed by atoms with Crippen LogP contribution in [-0.4, -0.2) is 98.2 Å². The Labute approximate surface area is 198 Å². The van der Waals surface area contributed by atoms with E-state index >= 15 is 0 Å². The van der Waals surface area contributed by atoms with E-state index in [2.05, 4.69) is 29.4 Å². The molecule has 9 nitrogen and oxygen atoms in total.